The molecule has 1 aliphatic carbocycles. The number of hydrogen-bond donors (Lipinski definition) is 0. The third kappa shape index (κ3) is 2.24. The van der Waals surface area contributed by atoms with E-state index in [4.69, 9.17) is 5.73 Å². The third-order valence-electron chi connectivity index (χ3n) is 7.11. The number of allylic oxidation sites excluding steroid dienone is 1. The lowest BCUT2D eigenvalue weighted by Gasteiger charge is -2.53. The summed E-state index contributed by atoms with van der Waals surface area (Å²) in [6.45, 7) is 13.6. The molecule has 0 saturated heterocycles. The average Bonchev–Trinajstić information content (AvgIpc) is 2.97. The summed E-state index contributed by atoms with van der Waals surface area (Å²) in [5, 5.41) is 2.75. The third-order valence-corrected chi connectivity index (χ3v) is 24.9. The van der Waals surface area contributed by atoms with Crippen LogP contribution in [0.2, 0.25) is 26.2 Å². The highest BCUT2D eigenvalue weighted by molar-refractivity contribution is 7.57. The molecule has 4 rings (SSSR count). The van der Waals surface area contributed by atoms with E-state index in [1.54, 1.807) is 6.07 Å². The molecule has 139 valence electrons. The summed E-state index contributed by atoms with van der Waals surface area (Å²) < 4.78 is 14.4. The quantitative estimate of drug-likeness (QED) is 0.707. The molecule has 1 heterocycles. The molecule has 1 radical (unpaired) electrons. The Morgan fingerprint density at radius 2 is 1.78 bits per heavy atom. The van der Waals surface area contributed by atoms with Crippen LogP contribution in [0.3, 0.4) is 0 Å². The molecule has 2 aromatic carbocycles. The van der Waals surface area contributed by atoms with Crippen molar-refractivity contribution in [2.24, 2.45) is 0 Å². The Bertz CT molecular complexity index is 1070. The first-order valence-electron chi connectivity index (χ1n) is 9.42. The number of halogens is 1. The number of carbonyl (C=O) groups excluding carboxylic acids is 1. The largest absolute Gasteiger partial charge is 0.269 e. The topological polar surface area (TPSA) is 40.9 Å². The van der Waals surface area contributed by atoms with Crippen LogP contribution >= 0.6 is 0 Å². The first-order valence-corrected chi connectivity index (χ1v) is 16.4. The second-order valence-electron chi connectivity index (χ2n) is 9.08. The van der Waals surface area contributed by atoms with Crippen molar-refractivity contribution in [3.63, 3.8) is 0 Å². The Morgan fingerprint density at radius 3 is 2.41 bits per heavy atom. The molecule has 0 saturated carbocycles. The molecule has 0 fully saturated rings. The molecule has 0 unspecified atom stereocenters. The van der Waals surface area contributed by atoms with Crippen molar-refractivity contribution < 1.29 is 9.18 Å². The van der Waals surface area contributed by atoms with Gasteiger partial charge in [-0.15, -0.1) is 0 Å². The number of carbonyl (C=O) groups is 1. The zero-order chi connectivity index (χ0) is 19.9. The van der Waals surface area contributed by atoms with Gasteiger partial charge in [-0.2, -0.15) is 0 Å². The molecular formula is C22H25FNOSi2. The van der Waals surface area contributed by atoms with Gasteiger partial charge in [0, 0.05) is 5.56 Å². The minimum absolute atomic E-state index is 0.155. The second-order valence-corrected chi connectivity index (χ2v) is 24.1. The Balaban J connectivity index is 2.13. The summed E-state index contributed by atoms with van der Waals surface area (Å²) in [7, 11) is -3.23. The van der Waals surface area contributed by atoms with Crippen molar-refractivity contribution >= 4 is 37.5 Å². The summed E-state index contributed by atoms with van der Waals surface area (Å²) in [6, 6.07) is 5.44. The van der Waals surface area contributed by atoms with E-state index >= 15 is 0 Å². The summed E-state index contributed by atoms with van der Waals surface area (Å²) in [5.41, 5.74) is 14.2. The number of rotatable bonds is 2. The van der Waals surface area contributed by atoms with Gasteiger partial charge in [-0.3, -0.25) is 10.5 Å². The van der Waals surface area contributed by atoms with Crippen LogP contribution in [0.4, 0.5) is 4.39 Å². The van der Waals surface area contributed by atoms with Gasteiger partial charge in [-0.1, -0.05) is 60.3 Å². The van der Waals surface area contributed by atoms with Gasteiger partial charge in [0.1, 0.15) is 5.82 Å². The smallest absolute Gasteiger partial charge is 0.267 e. The molecule has 5 heteroatoms. The fourth-order valence-corrected chi connectivity index (χ4v) is 15.4. The molecule has 0 aromatic heterocycles. The van der Waals surface area contributed by atoms with E-state index < -0.39 is 21.1 Å². The monoisotopic (exact) mass is 394 g/mol. The molecule has 2 nitrogen and oxygen atoms in total. The number of nitrogens with one attached hydrogen (secondary N) is 1. The van der Waals surface area contributed by atoms with E-state index in [1.165, 1.54) is 10.4 Å². The zero-order valence-electron chi connectivity index (χ0n) is 16.8. The Hall–Kier alpha value is -1.99. The maximum atomic E-state index is 14.4. The van der Waals surface area contributed by atoms with Gasteiger partial charge in [0.15, 0.2) is 0 Å². The van der Waals surface area contributed by atoms with Crippen LogP contribution in [-0.4, -0.2) is 21.1 Å². The van der Waals surface area contributed by atoms with E-state index in [0.717, 1.165) is 33.4 Å². The number of benzene rings is 2. The van der Waals surface area contributed by atoms with Gasteiger partial charge in [0.05, 0.1) is 15.2 Å². The van der Waals surface area contributed by atoms with Crippen molar-refractivity contribution in [3.8, 4) is 11.1 Å². The van der Waals surface area contributed by atoms with Crippen molar-refractivity contribution in [1.29, 1.82) is 0 Å². The molecule has 0 atom stereocenters. The van der Waals surface area contributed by atoms with Gasteiger partial charge in [-0.05, 0) is 54.2 Å². The van der Waals surface area contributed by atoms with E-state index in [2.05, 4.69) is 32.3 Å². The summed E-state index contributed by atoms with van der Waals surface area (Å²) in [6.07, 6.45) is 2.74. The molecule has 1 amide bonds. The molecule has 2 aliphatic rings. The van der Waals surface area contributed by atoms with Gasteiger partial charge in [0.25, 0.3) is 5.91 Å². The highest BCUT2D eigenvalue weighted by Crippen LogP contribution is 2.40. The Labute approximate surface area is 162 Å². The second kappa shape index (κ2) is 5.52. The minimum atomic E-state index is -1.63. The van der Waals surface area contributed by atoms with Crippen LogP contribution in [0.25, 0.3) is 17.2 Å². The fraction of sp³-hybridized carbons (Fsp3) is 0.318. The fourth-order valence-electron chi connectivity index (χ4n) is 4.86. The summed E-state index contributed by atoms with van der Waals surface area (Å²) in [5.74, 6) is -0.782. The molecular weight excluding hydrogens is 369 g/mol. The van der Waals surface area contributed by atoms with Crippen molar-refractivity contribution in [2.45, 2.75) is 46.5 Å². The van der Waals surface area contributed by atoms with Gasteiger partial charge >= 0.3 is 0 Å². The van der Waals surface area contributed by atoms with Crippen LogP contribution < -0.4 is 16.1 Å². The van der Waals surface area contributed by atoms with Gasteiger partial charge < -0.3 is 0 Å². The first-order chi connectivity index (χ1) is 12.5. The summed E-state index contributed by atoms with van der Waals surface area (Å²) in [4.78, 5) is 12.1. The molecule has 0 spiro atoms. The molecule has 1 aliphatic heterocycles. The standard InChI is InChI=1S/C22H25FNOSi2/c1-12-9-16-14(7-8-18(23)17(16)10-12)20-13(2)15(22(24)25)11-19-21(20)27(5,6)26(19,3)4/h7-9,11,24H,10H2,1-6H3. The molecule has 1 N–H and O–H groups in total. The van der Waals surface area contributed by atoms with Crippen LogP contribution in [-0.2, 0) is 6.42 Å². The number of fused-ring (bicyclic) bond motifs is 2. The average molecular weight is 395 g/mol. The normalized spacial score (nSPS) is 18.4. The molecule has 0 bridgehead atoms. The van der Waals surface area contributed by atoms with E-state index in [1.807, 2.05) is 26.0 Å². The Kier molecular flexibility index (Phi) is 3.76. The number of hydrogen-bond acceptors (Lipinski definition) is 1. The first kappa shape index (κ1) is 18.4. The highest BCUT2D eigenvalue weighted by atomic mass is 29.3. The molecule has 2 aromatic rings. The predicted octanol–water partition coefficient (Wildman–Crippen LogP) is 4.11. The highest BCUT2D eigenvalue weighted by Gasteiger charge is 2.56. The van der Waals surface area contributed by atoms with Gasteiger partial charge in [-0.25, -0.2) is 4.39 Å². The van der Waals surface area contributed by atoms with Crippen LogP contribution in [0.5, 0.6) is 0 Å². The summed E-state index contributed by atoms with van der Waals surface area (Å²) >= 11 is 0. The lowest BCUT2D eigenvalue weighted by molar-refractivity contribution is 0.0991. The Morgan fingerprint density at radius 1 is 1.11 bits per heavy atom. The SMILES string of the molecule is CC1=Cc2c(-c3c(C)c(C([NH])=O)cc4c3[Si](C)(C)[Si]4(C)C)ccc(F)c2C1. The molecule has 27 heavy (non-hydrogen) atoms. The van der Waals surface area contributed by atoms with Crippen LogP contribution in [0, 0.1) is 12.7 Å². The van der Waals surface area contributed by atoms with Crippen molar-refractivity contribution in [2.75, 3.05) is 0 Å². The zero-order valence-corrected chi connectivity index (χ0v) is 18.8. The van der Waals surface area contributed by atoms with Crippen molar-refractivity contribution in [3.05, 3.63) is 51.8 Å². The van der Waals surface area contributed by atoms with Crippen LogP contribution in [0.1, 0.15) is 34.0 Å². The van der Waals surface area contributed by atoms with E-state index in [9.17, 15) is 9.18 Å². The predicted molar refractivity (Wildman–Crippen MR) is 116 cm³/mol. The van der Waals surface area contributed by atoms with Crippen LogP contribution in [0.15, 0.2) is 23.8 Å². The maximum absolute atomic E-state index is 14.4. The van der Waals surface area contributed by atoms with Crippen molar-refractivity contribution in [1.82, 2.24) is 5.73 Å². The van der Waals surface area contributed by atoms with E-state index in [0.29, 0.717) is 12.0 Å². The van der Waals surface area contributed by atoms with Gasteiger partial charge in [0.2, 0.25) is 0 Å². The lowest BCUT2D eigenvalue weighted by Crippen LogP contribution is -2.85. The minimum Gasteiger partial charge on any atom is -0.267 e. The number of amides is 1. The van der Waals surface area contributed by atoms with E-state index in [-0.39, 0.29) is 5.82 Å². The lowest BCUT2D eigenvalue weighted by atomic mass is 9.91. The maximum Gasteiger partial charge on any atom is 0.269 e.